The number of fused-ring (bicyclic) bond motifs is 1. The summed E-state index contributed by atoms with van der Waals surface area (Å²) in [6.07, 6.45) is 3.05. The summed E-state index contributed by atoms with van der Waals surface area (Å²) in [5.41, 5.74) is 1.89. The number of carbonyl (C=O) groups is 1. The van der Waals surface area contributed by atoms with E-state index in [1.807, 2.05) is 32.0 Å². The van der Waals surface area contributed by atoms with Crippen LogP contribution in [0.2, 0.25) is 0 Å². The van der Waals surface area contributed by atoms with Gasteiger partial charge in [0.2, 0.25) is 5.56 Å². The summed E-state index contributed by atoms with van der Waals surface area (Å²) < 4.78 is 1.63. The summed E-state index contributed by atoms with van der Waals surface area (Å²) in [6.45, 7) is 6.44. The maximum atomic E-state index is 12.6. The number of carbonyl (C=O) groups excluding carboxylic acids is 1. The number of rotatable bonds is 3. The van der Waals surface area contributed by atoms with Gasteiger partial charge in [0.15, 0.2) is 0 Å². The van der Waals surface area contributed by atoms with Crippen molar-refractivity contribution in [3.8, 4) is 0 Å². The highest BCUT2D eigenvalue weighted by Crippen LogP contribution is 2.21. The van der Waals surface area contributed by atoms with E-state index >= 15 is 0 Å². The number of pyridine rings is 1. The van der Waals surface area contributed by atoms with Crippen LogP contribution in [0.4, 0.5) is 5.69 Å². The summed E-state index contributed by atoms with van der Waals surface area (Å²) >= 11 is 0. The van der Waals surface area contributed by atoms with E-state index in [1.165, 1.54) is 12.3 Å². The Balaban J connectivity index is 1.49. The highest BCUT2D eigenvalue weighted by molar-refractivity contribution is 5.94. The molecule has 0 atom stereocenters. The molecule has 1 N–H and O–H groups in total. The minimum atomic E-state index is -0.226. The minimum Gasteiger partial charge on any atom is -0.368 e. The van der Waals surface area contributed by atoms with Crippen LogP contribution in [0.15, 0.2) is 52.4 Å². The highest BCUT2D eigenvalue weighted by atomic mass is 16.2. The van der Waals surface area contributed by atoms with Gasteiger partial charge >= 0.3 is 0 Å². The summed E-state index contributed by atoms with van der Waals surface area (Å²) in [4.78, 5) is 47.3. The second kappa shape index (κ2) is 7.54. The number of benzene rings is 1. The fraction of sp³-hybridized carbons (Fsp3) is 0.333. The first kappa shape index (κ1) is 18.9. The molecule has 1 fully saturated rings. The molecule has 8 nitrogen and oxygen atoms in total. The quantitative estimate of drug-likeness (QED) is 0.730. The molecule has 1 amide bonds. The lowest BCUT2D eigenvalue weighted by atomic mass is 10.1. The van der Waals surface area contributed by atoms with Crippen LogP contribution in [-0.2, 0) is 0 Å². The zero-order valence-corrected chi connectivity index (χ0v) is 16.5. The molecule has 3 aromatic rings. The largest absolute Gasteiger partial charge is 0.368 e. The van der Waals surface area contributed by atoms with Crippen molar-refractivity contribution in [3.05, 3.63) is 69.1 Å². The van der Waals surface area contributed by atoms with E-state index in [1.54, 1.807) is 21.9 Å². The molecule has 150 valence electrons. The van der Waals surface area contributed by atoms with Gasteiger partial charge in [0.1, 0.15) is 0 Å². The number of piperazine rings is 1. The number of nitrogens with zero attached hydrogens (tertiary/aromatic N) is 4. The SMILES string of the molecule is CC(C)n1cnc2cc(N3CCN(C(=O)c4ccc(=O)[nH]c4)CC3)ccc2c1=O. The summed E-state index contributed by atoms with van der Waals surface area (Å²) in [5, 5.41) is 0.608. The smallest absolute Gasteiger partial charge is 0.261 e. The van der Waals surface area contributed by atoms with Gasteiger partial charge in [0.05, 0.1) is 22.8 Å². The van der Waals surface area contributed by atoms with Gasteiger partial charge < -0.3 is 14.8 Å². The monoisotopic (exact) mass is 393 g/mol. The number of H-pyrrole nitrogens is 1. The van der Waals surface area contributed by atoms with Crippen molar-refractivity contribution in [3.63, 3.8) is 0 Å². The molecular formula is C21H23N5O3. The lowest BCUT2D eigenvalue weighted by Gasteiger charge is -2.36. The van der Waals surface area contributed by atoms with Crippen LogP contribution in [0.25, 0.3) is 10.9 Å². The number of amides is 1. The van der Waals surface area contributed by atoms with Crippen molar-refractivity contribution in [1.82, 2.24) is 19.4 Å². The molecule has 2 aromatic heterocycles. The van der Waals surface area contributed by atoms with Crippen molar-refractivity contribution in [2.75, 3.05) is 31.1 Å². The second-order valence-corrected chi connectivity index (χ2v) is 7.47. The molecule has 0 bridgehead atoms. The van der Waals surface area contributed by atoms with Crippen LogP contribution in [0.5, 0.6) is 0 Å². The van der Waals surface area contributed by atoms with Crippen molar-refractivity contribution in [2.45, 2.75) is 19.9 Å². The molecule has 29 heavy (non-hydrogen) atoms. The number of anilines is 1. The zero-order valence-electron chi connectivity index (χ0n) is 16.5. The van der Waals surface area contributed by atoms with Gasteiger partial charge in [-0.2, -0.15) is 0 Å². The first-order valence-electron chi connectivity index (χ1n) is 9.68. The lowest BCUT2D eigenvalue weighted by molar-refractivity contribution is 0.0746. The molecule has 3 heterocycles. The maximum Gasteiger partial charge on any atom is 0.261 e. The molecule has 1 saturated heterocycles. The Labute approximate surface area is 167 Å². The van der Waals surface area contributed by atoms with Crippen molar-refractivity contribution < 1.29 is 4.79 Å². The van der Waals surface area contributed by atoms with Gasteiger partial charge in [-0.3, -0.25) is 19.0 Å². The van der Waals surface area contributed by atoms with Crippen LogP contribution >= 0.6 is 0 Å². The molecule has 0 radical (unpaired) electrons. The van der Waals surface area contributed by atoms with Gasteiger partial charge in [-0.25, -0.2) is 4.98 Å². The topological polar surface area (TPSA) is 91.3 Å². The van der Waals surface area contributed by atoms with Crippen LogP contribution < -0.4 is 16.0 Å². The highest BCUT2D eigenvalue weighted by Gasteiger charge is 2.23. The van der Waals surface area contributed by atoms with Crippen LogP contribution in [-0.4, -0.2) is 51.5 Å². The Kier molecular flexibility index (Phi) is 4.92. The van der Waals surface area contributed by atoms with E-state index < -0.39 is 0 Å². The van der Waals surface area contributed by atoms with Crippen LogP contribution in [0, 0.1) is 0 Å². The van der Waals surface area contributed by atoms with E-state index in [4.69, 9.17) is 0 Å². The average molecular weight is 393 g/mol. The number of hydrogen-bond donors (Lipinski definition) is 1. The van der Waals surface area contributed by atoms with Gasteiger partial charge in [-0.05, 0) is 38.1 Å². The molecule has 8 heteroatoms. The summed E-state index contributed by atoms with van der Waals surface area (Å²) in [7, 11) is 0. The molecule has 0 saturated carbocycles. The maximum absolute atomic E-state index is 12.6. The number of nitrogens with one attached hydrogen (secondary N) is 1. The predicted octanol–water partition coefficient (Wildman–Crippen LogP) is 1.63. The van der Waals surface area contributed by atoms with Crippen molar-refractivity contribution in [2.24, 2.45) is 0 Å². The first-order chi connectivity index (χ1) is 13.9. The third-order valence-corrected chi connectivity index (χ3v) is 5.29. The van der Waals surface area contributed by atoms with E-state index in [2.05, 4.69) is 14.9 Å². The molecule has 4 rings (SSSR count). The number of aromatic nitrogens is 3. The Bertz CT molecular complexity index is 1150. The fourth-order valence-electron chi connectivity index (χ4n) is 3.58. The van der Waals surface area contributed by atoms with E-state index in [9.17, 15) is 14.4 Å². The lowest BCUT2D eigenvalue weighted by Crippen LogP contribution is -2.48. The first-order valence-corrected chi connectivity index (χ1v) is 9.68. The Hall–Kier alpha value is -3.42. The van der Waals surface area contributed by atoms with Gasteiger partial charge in [-0.15, -0.1) is 0 Å². The standard InChI is InChI=1S/C21H23N5O3/c1-14(2)26-13-23-18-11-16(4-5-17(18)21(26)29)24-7-9-25(10-8-24)20(28)15-3-6-19(27)22-12-15/h3-6,11-14H,7-10H2,1-2H3,(H,22,27). The summed E-state index contributed by atoms with van der Waals surface area (Å²) in [6, 6.07) is 8.67. The Morgan fingerprint density at radius 3 is 2.48 bits per heavy atom. The van der Waals surface area contributed by atoms with Crippen molar-refractivity contribution in [1.29, 1.82) is 0 Å². The zero-order chi connectivity index (χ0) is 20.5. The van der Waals surface area contributed by atoms with Gasteiger partial charge in [0, 0.05) is 50.2 Å². The second-order valence-electron chi connectivity index (χ2n) is 7.47. The summed E-state index contributed by atoms with van der Waals surface area (Å²) in [5.74, 6) is -0.0877. The predicted molar refractivity (Wildman–Crippen MR) is 112 cm³/mol. The minimum absolute atomic E-state index is 0.0344. The van der Waals surface area contributed by atoms with Gasteiger partial charge in [0.25, 0.3) is 11.5 Å². The Morgan fingerprint density at radius 1 is 1.07 bits per heavy atom. The number of aromatic amines is 1. The van der Waals surface area contributed by atoms with Gasteiger partial charge in [-0.1, -0.05) is 0 Å². The van der Waals surface area contributed by atoms with E-state index in [0.29, 0.717) is 42.6 Å². The molecule has 1 aromatic carbocycles. The average Bonchev–Trinajstić information content (AvgIpc) is 2.73. The molecule has 1 aliphatic rings. The van der Waals surface area contributed by atoms with Crippen LogP contribution in [0.1, 0.15) is 30.2 Å². The van der Waals surface area contributed by atoms with E-state index in [0.717, 1.165) is 5.69 Å². The Morgan fingerprint density at radius 2 is 1.83 bits per heavy atom. The van der Waals surface area contributed by atoms with E-state index in [-0.39, 0.29) is 23.1 Å². The molecule has 0 spiro atoms. The third kappa shape index (κ3) is 3.65. The van der Waals surface area contributed by atoms with Crippen LogP contribution in [0.3, 0.4) is 0 Å². The van der Waals surface area contributed by atoms with Crippen molar-refractivity contribution >= 4 is 22.5 Å². The molecular weight excluding hydrogens is 370 g/mol. The third-order valence-electron chi connectivity index (χ3n) is 5.29. The normalized spacial score (nSPS) is 14.6. The molecule has 0 aliphatic carbocycles. The number of hydrogen-bond acceptors (Lipinski definition) is 5. The fourth-order valence-corrected chi connectivity index (χ4v) is 3.58. The molecule has 0 unspecified atom stereocenters. The molecule has 1 aliphatic heterocycles.